The number of hydrogen-bond donors (Lipinski definition) is 2. The van der Waals surface area contributed by atoms with Gasteiger partial charge in [0.15, 0.2) is 23.4 Å². The lowest BCUT2D eigenvalue weighted by atomic mass is 9.92. The van der Waals surface area contributed by atoms with Crippen molar-refractivity contribution in [1.82, 2.24) is 19.5 Å². The van der Waals surface area contributed by atoms with E-state index in [0.717, 1.165) is 24.9 Å². The number of hydrogen-bond acceptors (Lipinski definition) is 12. The summed E-state index contributed by atoms with van der Waals surface area (Å²) >= 11 is 0. The molecular formula is C18H23N5O8. The number of carbonyl (C=O) groups is 3. The Bertz CT molecular complexity index is 1030. The third-order valence-electron chi connectivity index (χ3n) is 4.99. The Labute approximate surface area is 176 Å². The first-order valence-corrected chi connectivity index (χ1v) is 9.35. The highest BCUT2D eigenvalue weighted by molar-refractivity contribution is 5.90. The highest BCUT2D eigenvalue weighted by Gasteiger charge is 2.73. The van der Waals surface area contributed by atoms with Crippen molar-refractivity contribution >= 4 is 34.7 Å². The molecule has 0 radical (unpaired) electrons. The number of ether oxygens (including phenoxy) is 4. The van der Waals surface area contributed by atoms with Crippen molar-refractivity contribution in [2.24, 2.45) is 0 Å². The molecule has 0 bridgehead atoms. The number of aliphatic hydroxyl groups is 1. The molecule has 1 saturated heterocycles. The van der Waals surface area contributed by atoms with Gasteiger partial charge in [-0.25, -0.2) is 15.0 Å². The number of esters is 2. The van der Waals surface area contributed by atoms with E-state index in [0.29, 0.717) is 0 Å². The molecule has 0 amide bonds. The number of carbonyl (C=O) groups excluding carboxylic acids is 3. The maximum atomic E-state index is 13.3. The Morgan fingerprint density at radius 3 is 2.55 bits per heavy atom. The van der Waals surface area contributed by atoms with Crippen molar-refractivity contribution < 1.29 is 38.4 Å². The average Bonchev–Trinajstić information content (AvgIpc) is 3.26. The fraction of sp³-hybridized carbons (Fsp3) is 0.556. The predicted molar refractivity (Wildman–Crippen MR) is 102 cm³/mol. The molecule has 0 spiro atoms. The van der Waals surface area contributed by atoms with E-state index in [-0.39, 0.29) is 23.4 Å². The highest BCUT2D eigenvalue weighted by Crippen LogP contribution is 2.48. The van der Waals surface area contributed by atoms with Gasteiger partial charge in [-0.05, 0) is 0 Å². The quantitative estimate of drug-likeness (QED) is 0.410. The topological polar surface area (TPSA) is 178 Å². The van der Waals surface area contributed by atoms with Gasteiger partial charge in [0.25, 0.3) is 11.5 Å². The first-order chi connectivity index (χ1) is 14.6. The van der Waals surface area contributed by atoms with E-state index in [1.165, 1.54) is 13.3 Å². The molecule has 0 aliphatic carbocycles. The second-order valence-corrected chi connectivity index (χ2v) is 6.86. The van der Waals surface area contributed by atoms with Gasteiger partial charge in [0.1, 0.15) is 30.9 Å². The third kappa shape index (κ3) is 3.40. The summed E-state index contributed by atoms with van der Waals surface area (Å²) in [5, 5.41) is 11.6. The Morgan fingerprint density at radius 2 is 1.97 bits per heavy atom. The van der Waals surface area contributed by atoms with Gasteiger partial charge in [0.2, 0.25) is 0 Å². The summed E-state index contributed by atoms with van der Waals surface area (Å²) in [7, 11) is 1.12. The van der Waals surface area contributed by atoms with Crippen molar-refractivity contribution in [3.8, 4) is 0 Å². The minimum absolute atomic E-state index is 0.0369. The average molecular weight is 437 g/mol. The lowest BCUT2D eigenvalue weighted by Gasteiger charge is -2.40. The van der Waals surface area contributed by atoms with E-state index in [1.807, 2.05) is 0 Å². The Hall–Kier alpha value is -3.16. The largest absolute Gasteiger partial charge is 0.463 e. The lowest BCUT2D eigenvalue weighted by molar-refractivity contribution is -0.300. The molecule has 1 fully saturated rings. The zero-order chi connectivity index (χ0) is 23.0. The normalized spacial score (nSPS) is 27.9. The number of anilines is 1. The van der Waals surface area contributed by atoms with E-state index in [4.69, 9.17) is 24.7 Å². The van der Waals surface area contributed by atoms with Crippen molar-refractivity contribution in [1.29, 1.82) is 0 Å². The molecule has 13 heteroatoms. The number of Topliss-reactive ketones (excluding diaryl/α,β-unsaturated/α-hetero) is 1. The third-order valence-corrected chi connectivity index (χ3v) is 4.99. The van der Waals surface area contributed by atoms with Crippen LogP contribution in [0.3, 0.4) is 0 Å². The van der Waals surface area contributed by atoms with Crippen LogP contribution in [0.5, 0.6) is 0 Å². The Kier molecular flexibility index (Phi) is 5.93. The molecule has 3 N–H and O–H groups in total. The van der Waals surface area contributed by atoms with Gasteiger partial charge in [-0.15, -0.1) is 0 Å². The zero-order valence-electron chi connectivity index (χ0n) is 17.4. The van der Waals surface area contributed by atoms with Crippen molar-refractivity contribution in [2.75, 3.05) is 19.5 Å². The zero-order valence-corrected chi connectivity index (χ0v) is 17.4. The van der Waals surface area contributed by atoms with Gasteiger partial charge < -0.3 is 29.8 Å². The van der Waals surface area contributed by atoms with E-state index in [9.17, 15) is 19.5 Å². The van der Waals surface area contributed by atoms with Crippen LogP contribution in [0.2, 0.25) is 0 Å². The van der Waals surface area contributed by atoms with E-state index in [1.54, 1.807) is 6.92 Å². The molecule has 1 aliphatic rings. The van der Waals surface area contributed by atoms with Gasteiger partial charge in [0, 0.05) is 27.4 Å². The molecule has 2 aromatic heterocycles. The monoisotopic (exact) mass is 437 g/mol. The van der Waals surface area contributed by atoms with Crippen LogP contribution < -0.4 is 5.73 Å². The number of ketones is 1. The number of fused-ring (bicyclic) bond motifs is 1. The molecule has 3 rings (SSSR count). The number of methoxy groups -OCH3 is 1. The summed E-state index contributed by atoms with van der Waals surface area (Å²) in [5.74, 6) is -4.56. The molecule has 0 aromatic carbocycles. The summed E-state index contributed by atoms with van der Waals surface area (Å²) in [6.07, 6.45) is -0.572. The first kappa shape index (κ1) is 22.5. The maximum absolute atomic E-state index is 13.3. The number of nitrogen functional groups attached to an aromatic ring is 1. The second-order valence-electron chi connectivity index (χ2n) is 6.86. The minimum atomic E-state index is -2.54. The van der Waals surface area contributed by atoms with Crippen LogP contribution in [0.25, 0.3) is 11.2 Å². The number of nitrogens with zero attached hydrogens (tertiary/aromatic N) is 4. The van der Waals surface area contributed by atoms with Crippen molar-refractivity contribution in [3.05, 3.63) is 12.7 Å². The van der Waals surface area contributed by atoms with E-state index < -0.39 is 48.0 Å². The summed E-state index contributed by atoms with van der Waals surface area (Å²) in [4.78, 5) is 48.6. The number of rotatable bonds is 7. The van der Waals surface area contributed by atoms with Crippen LogP contribution in [0.4, 0.5) is 5.82 Å². The fourth-order valence-electron chi connectivity index (χ4n) is 3.67. The van der Waals surface area contributed by atoms with Crippen LogP contribution in [0.1, 0.15) is 27.2 Å². The predicted octanol–water partition coefficient (Wildman–Crippen LogP) is -0.731. The summed E-state index contributed by atoms with van der Waals surface area (Å²) in [5.41, 5.74) is 3.78. The van der Waals surface area contributed by atoms with Gasteiger partial charge in [-0.3, -0.25) is 19.0 Å². The molecule has 2 aromatic rings. The molecule has 1 aliphatic heterocycles. The summed E-state index contributed by atoms with van der Waals surface area (Å²) < 4.78 is 22.8. The van der Waals surface area contributed by atoms with Crippen LogP contribution in [-0.4, -0.2) is 74.1 Å². The standard InChI is InChI=1S/C18H23N5O8/c1-5-12(26)17(23-8-22-13-15(19)20-7-21-16(13)23)18(27,28-4)14(30-10(3)25)11(31-17)6-29-9(2)24/h7-8,11,14,27H,5-6H2,1-4H3,(H2,19,20,21)/t11-,14-,17-,18+/m1/s1. The second kappa shape index (κ2) is 8.17. The molecule has 0 saturated carbocycles. The van der Waals surface area contributed by atoms with Crippen LogP contribution in [0.15, 0.2) is 12.7 Å². The number of imidazole rings is 1. The maximum Gasteiger partial charge on any atom is 0.303 e. The molecule has 31 heavy (non-hydrogen) atoms. The van der Waals surface area contributed by atoms with Gasteiger partial charge in [-0.2, -0.15) is 0 Å². The van der Waals surface area contributed by atoms with Gasteiger partial charge in [-0.1, -0.05) is 6.92 Å². The Morgan fingerprint density at radius 1 is 1.26 bits per heavy atom. The number of nitrogens with two attached hydrogens (primary N) is 1. The molecular weight excluding hydrogens is 414 g/mol. The van der Waals surface area contributed by atoms with Crippen LogP contribution in [-0.2, 0) is 39.1 Å². The molecule has 4 atom stereocenters. The Balaban J connectivity index is 2.28. The van der Waals surface area contributed by atoms with Crippen LogP contribution in [0, 0.1) is 0 Å². The fourth-order valence-corrected chi connectivity index (χ4v) is 3.67. The minimum Gasteiger partial charge on any atom is -0.463 e. The van der Waals surface area contributed by atoms with E-state index >= 15 is 0 Å². The smallest absolute Gasteiger partial charge is 0.303 e. The molecule has 168 valence electrons. The highest BCUT2D eigenvalue weighted by atomic mass is 16.7. The summed E-state index contributed by atoms with van der Waals surface area (Å²) in [6, 6.07) is 0. The van der Waals surface area contributed by atoms with Crippen molar-refractivity contribution in [2.45, 2.75) is 50.9 Å². The summed E-state index contributed by atoms with van der Waals surface area (Å²) in [6.45, 7) is 3.40. The molecule has 0 unspecified atom stereocenters. The SMILES string of the molecule is CCC(=O)[C@@]1(n2cnc3c(N)ncnc32)O[C@H](COC(C)=O)[C@@H](OC(C)=O)[C@]1(O)OC. The van der Waals surface area contributed by atoms with Gasteiger partial charge >= 0.3 is 11.9 Å². The molecule has 13 nitrogen and oxygen atoms in total. The van der Waals surface area contributed by atoms with Crippen molar-refractivity contribution in [3.63, 3.8) is 0 Å². The lowest BCUT2D eigenvalue weighted by Crippen LogP contribution is -2.63. The number of aromatic nitrogens is 4. The van der Waals surface area contributed by atoms with E-state index in [2.05, 4.69) is 15.0 Å². The molecule has 3 heterocycles. The first-order valence-electron chi connectivity index (χ1n) is 9.35. The van der Waals surface area contributed by atoms with Crippen LogP contribution >= 0.6 is 0 Å². The van der Waals surface area contributed by atoms with Gasteiger partial charge in [0.05, 0.1) is 0 Å².